The molecule has 2 aliphatic rings. The van der Waals surface area contributed by atoms with Crippen LogP contribution in [0.25, 0.3) is 0 Å². The van der Waals surface area contributed by atoms with Gasteiger partial charge in [0.15, 0.2) is 0 Å². The molecule has 2 rings (SSSR count). The van der Waals surface area contributed by atoms with Gasteiger partial charge >= 0.3 is 0 Å². The van der Waals surface area contributed by atoms with Gasteiger partial charge in [-0.15, -0.1) is 0 Å². The maximum Gasteiger partial charge on any atom is 0.0869 e. The second kappa shape index (κ2) is 1.94. The molecule has 0 unspecified atom stereocenters. The highest BCUT2D eigenvalue weighted by molar-refractivity contribution is 5.06. The number of piperidine rings is 1. The van der Waals surface area contributed by atoms with Gasteiger partial charge in [0.2, 0.25) is 0 Å². The van der Waals surface area contributed by atoms with Crippen LogP contribution >= 0.6 is 0 Å². The summed E-state index contributed by atoms with van der Waals surface area (Å²) in [5, 5.41) is 3.23. The van der Waals surface area contributed by atoms with E-state index in [-0.39, 0.29) is 0 Å². The fraction of sp³-hybridized carbons (Fsp3) is 0.714. The Hall–Kier alpha value is -0.660. The highest BCUT2D eigenvalue weighted by Crippen LogP contribution is 2.21. The second-order valence-electron chi connectivity index (χ2n) is 2.72. The van der Waals surface area contributed by atoms with E-state index in [4.69, 9.17) is 0 Å². The molecule has 0 spiro atoms. The molecule has 0 radical (unpaired) electrons. The van der Waals surface area contributed by atoms with E-state index in [1.54, 1.807) is 0 Å². The number of allylic oxidation sites excluding steroid dienone is 1. The monoisotopic (exact) mass is 124 g/mol. The number of fused-ring (bicyclic) bond motifs is 1. The predicted molar refractivity (Wildman–Crippen MR) is 36.6 cm³/mol. The lowest BCUT2D eigenvalue weighted by Crippen LogP contribution is -2.27. The third-order valence-corrected chi connectivity index (χ3v) is 2.07. The summed E-state index contributed by atoms with van der Waals surface area (Å²) in [6.45, 7) is 2.31. The van der Waals surface area contributed by atoms with Crippen LogP contribution in [0.2, 0.25) is 0 Å². The number of hydrogen-bond acceptors (Lipinski definition) is 2. The predicted octanol–water partition coefficient (Wildman–Crippen LogP) is 0.874. The molecule has 1 saturated heterocycles. The Morgan fingerprint density at radius 1 is 1.44 bits per heavy atom. The van der Waals surface area contributed by atoms with Crippen LogP contribution in [0.5, 0.6) is 0 Å². The van der Waals surface area contributed by atoms with Crippen LogP contribution < -0.4 is 5.32 Å². The first-order chi connectivity index (χ1) is 4.47. The number of nitrogens with zero attached hydrogens (tertiary/aromatic N) is 1. The Bertz CT molecular complexity index is 140. The highest BCUT2D eigenvalue weighted by atomic mass is 15.3. The standard InChI is InChI=1S/C7H12N2/c1-2-4-9-6-8-5-7(9)3-1/h5,8H,1-4,6H2. The minimum atomic E-state index is 1.05. The molecular weight excluding hydrogens is 112 g/mol. The van der Waals surface area contributed by atoms with Gasteiger partial charge in [0.05, 0.1) is 6.67 Å². The van der Waals surface area contributed by atoms with Gasteiger partial charge in [-0.05, 0) is 19.3 Å². The van der Waals surface area contributed by atoms with Gasteiger partial charge in [-0.2, -0.15) is 0 Å². The summed E-state index contributed by atoms with van der Waals surface area (Å²) in [4.78, 5) is 2.42. The average Bonchev–Trinajstić information content (AvgIpc) is 2.33. The van der Waals surface area contributed by atoms with Gasteiger partial charge in [0, 0.05) is 18.4 Å². The van der Waals surface area contributed by atoms with Gasteiger partial charge in [-0.3, -0.25) is 0 Å². The summed E-state index contributed by atoms with van der Waals surface area (Å²) in [6, 6.07) is 0. The Kier molecular flexibility index (Phi) is 1.11. The SMILES string of the molecule is C1=C2CCCCN2CN1. The van der Waals surface area contributed by atoms with Crippen LogP contribution in [0.1, 0.15) is 19.3 Å². The lowest BCUT2D eigenvalue weighted by molar-refractivity contribution is 0.309. The summed E-state index contributed by atoms with van der Waals surface area (Å²) in [5.74, 6) is 0. The normalized spacial score (nSPS) is 24.9. The van der Waals surface area contributed by atoms with Crippen molar-refractivity contribution in [3.63, 3.8) is 0 Å². The molecule has 0 bridgehead atoms. The van der Waals surface area contributed by atoms with Gasteiger partial charge in [-0.25, -0.2) is 0 Å². The van der Waals surface area contributed by atoms with E-state index in [1.807, 2.05) is 0 Å². The third kappa shape index (κ3) is 0.784. The van der Waals surface area contributed by atoms with Crippen molar-refractivity contribution in [3.8, 4) is 0 Å². The fourth-order valence-electron chi connectivity index (χ4n) is 1.53. The summed E-state index contributed by atoms with van der Waals surface area (Å²) in [7, 11) is 0. The van der Waals surface area contributed by atoms with E-state index in [9.17, 15) is 0 Å². The molecule has 0 aliphatic carbocycles. The van der Waals surface area contributed by atoms with Gasteiger partial charge < -0.3 is 10.2 Å². The summed E-state index contributed by atoms with van der Waals surface area (Å²) in [6.07, 6.45) is 6.19. The van der Waals surface area contributed by atoms with Gasteiger partial charge in [-0.1, -0.05) is 0 Å². The first-order valence-electron chi connectivity index (χ1n) is 3.64. The zero-order valence-electron chi connectivity index (χ0n) is 5.56. The van der Waals surface area contributed by atoms with Crippen LogP contribution in [0.3, 0.4) is 0 Å². The van der Waals surface area contributed by atoms with Crippen LogP contribution in [-0.4, -0.2) is 18.1 Å². The summed E-state index contributed by atoms with van der Waals surface area (Å²) < 4.78 is 0. The molecule has 0 aromatic rings. The number of nitrogens with one attached hydrogen (secondary N) is 1. The van der Waals surface area contributed by atoms with Gasteiger partial charge in [0.25, 0.3) is 0 Å². The first kappa shape index (κ1) is 5.15. The lowest BCUT2D eigenvalue weighted by atomic mass is 10.1. The Labute approximate surface area is 55.5 Å². The van der Waals surface area contributed by atoms with Gasteiger partial charge in [0.1, 0.15) is 0 Å². The van der Waals surface area contributed by atoms with E-state index in [0.717, 1.165) is 6.67 Å². The molecule has 2 aliphatic heterocycles. The molecule has 2 nitrogen and oxygen atoms in total. The quantitative estimate of drug-likeness (QED) is 0.515. The van der Waals surface area contributed by atoms with Crippen molar-refractivity contribution in [2.75, 3.05) is 13.2 Å². The minimum Gasteiger partial charge on any atom is -0.372 e. The number of rotatable bonds is 0. The molecule has 2 heterocycles. The zero-order chi connectivity index (χ0) is 6.10. The van der Waals surface area contributed by atoms with Crippen LogP contribution in [0.15, 0.2) is 11.9 Å². The maximum absolute atomic E-state index is 3.23. The first-order valence-corrected chi connectivity index (χ1v) is 3.64. The van der Waals surface area contributed by atoms with Crippen molar-refractivity contribution in [2.24, 2.45) is 0 Å². The summed E-state index contributed by atoms with van der Waals surface area (Å²) >= 11 is 0. The third-order valence-electron chi connectivity index (χ3n) is 2.07. The largest absolute Gasteiger partial charge is 0.372 e. The Morgan fingerprint density at radius 2 is 2.44 bits per heavy atom. The highest BCUT2D eigenvalue weighted by Gasteiger charge is 2.17. The van der Waals surface area contributed by atoms with E-state index in [0.29, 0.717) is 0 Å². The van der Waals surface area contributed by atoms with E-state index in [1.165, 1.54) is 31.5 Å². The molecule has 0 atom stereocenters. The van der Waals surface area contributed by atoms with Crippen molar-refractivity contribution in [2.45, 2.75) is 19.3 Å². The van der Waals surface area contributed by atoms with Crippen LogP contribution in [0, 0.1) is 0 Å². The molecule has 1 fully saturated rings. The fourth-order valence-corrected chi connectivity index (χ4v) is 1.53. The Balaban J connectivity index is 2.09. The molecule has 0 aromatic heterocycles. The molecule has 2 heteroatoms. The lowest BCUT2D eigenvalue weighted by Gasteiger charge is -2.25. The zero-order valence-corrected chi connectivity index (χ0v) is 5.56. The molecule has 0 amide bonds. The van der Waals surface area contributed by atoms with Crippen molar-refractivity contribution in [3.05, 3.63) is 11.9 Å². The molecular formula is C7H12N2. The van der Waals surface area contributed by atoms with Crippen molar-refractivity contribution in [1.29, 1.82) is 0 Å². The molecule has 1 N–H and O–H groups in total. The van der Waals surface area contributed by atoms with Crippen molar-refractivity contribution < 1.29 is 0 Å². The molecule has 0 saturated carbocycles. The molecule has 50 valence electrons. The van der Waals surface area contributed by atoms with E-state index < -0.39 is 0 Å². The van der Waals surface area contributed by atoms with Crippen molar-refractivity contribution >= 4 is 0 Å². The van der Waals surface area contributed by atoms with E-state index in [2.05, 4.69) is 16.4 Å². The topological polar surface area (TPSA) is 15.3 Å². The Morgan fingerprint density at radius 3 is 3.33 bits per heavy atom. The minimum absolute atomic E-state index is 1.05. The number of hydrogen-bond donors (Lipinski definition) is 1. The average molecular weight is 124 g/mol. The summed E-state index contributed by atoms with van der Waals surface area (Å²) in [5.41, 5.74) is 1.52. The van der Waals surface area contributed by atoms with Crippen molar-refractivity contribution in [1.82, 2.24) is 10.2 Å². The molecule has 9 heavy (non-hydrogen) atoms. The smallest absolute Gasteiger partial charge is 0.0869 e. The van der Waals surface area contributed by atoms with E-state index >= 15 is 0 Å². The van der Waals surface area contributed by atoms with Crippen LogP contribution in [0.4, 0.5) is 0 Å². The second-order valence-corrected chi connectivity index (χ2v) is 2.72. The maximum atomic E-state index is 3.23. The van der Waals surface area contributed by atoms with Crippen LogP contribution in [-0.2, 0) is 0 Å². The molecule has 0 aromatic carbocycles.